The van der Waals surface area contributed by atoms with E-state index in [-0.39, 0.29) is 29.7 Å². The molecule has 0 radical (unpaired) electrons. The third-order valence-corrected chi connectivity index (χ3v) is 4.19. The summed E-state index contributed by atoms with van der Waals surface area (Å²) in [5, 5.41) is 0. The molecule has 1 aliphatic heterocycles. The van der Waals surface area contributed by atoms with Gasteiger partial charge in [-0.05, 0) is 31.0 Å². The molecule has 0 aliphatic carbocycles. The zero-order valence-corrected chi connectivity index (χ0v) is 12.8. The van der Waals surface area contributed by atoms with E-state index in [1.165, 1.54) is 0 Å². The lowest BCUT2D eigenvalue weighted by molar-refractivity contribution is -0.144. The van der Waals surface area contributed by atoms with Crippen LogP contribution in [0.5, 0.6) is 5.75 Å². The number of ether oxygens (including phenoxy) is 2. The van der Waals surface area contributed by atoms with E-state index in [0.29, 0.717) is 19.3 Å². The van der Waals surface area contributed by atoms with Gasteiger partial charge < -0.3 is 14.3 Å². The van der Waals surface area contributed by atoms with Crippen LogP contribution in [0.3, 0.4) is 0 Å². The van der Waals surface area contributed by atoms with Crippen molar-refractivity contribution in [2.75, 3.05) is 7.11 Å². The van der Waals surface area contributed by atoms with Gasteiger partial charge in [-0.25, -0.2) is 0 Å². The van der Waals surface area contributed by atoms with Crippen molar-refractivity contribution in [2.45, 2.75) is 39.2 Å². The number of carbonyl (C=O) groups excluding carboxylic acids is 2. The number of Topliss-reactive ketones (excluding diaryl/α,β-unsaturated/α-hetero) is 1. The van der Waals surface area contributed by atoms with Gasteiger partial charge in [-0.1, -0.05) is 19.1 Å². The Morgan fingerprint density at radius 1 is 1.29 bits per heavy atom. The van der Waals surface area contributed by atoms with Gasteiger partial charge in [0, 0.05) is 18.8 Å². The Bertz CT molecular complexity index is 506. The van der Waals surface area contributed by atoms with Gasteiger partial charge in [0.2, 0.25) is 0 Å². The Morgan fingerprint density at radius 3 is 2.52 bits per heavy atom. The fourth-order valence-corrected chi connectivity index (χ4v) is 2.78. The zero-order chi connectivity index (χ0) is 15.4. The second kappa shape index (κ2) is 6.74. The minimum atomic E-state index is -0.165. The van der Waals surface area contributed by atoms with Crippen LogP contribution in [-0.2, 0) is 20.7 Å². The molecule has 0 bridgehead atoms. The van der Waals surface area contributed by atoms with Gasteiger partial charge in [-0.3, -0.25) is 4.79 Å². The lowest BCUT2D eigenvalue weighted by Gasteiger charge is -2.16. The van der Waals surface area contributed by atoms with Crippen molar-refractivity contribution in [3.05, 3.63) is 29.8 Å². The summed E-state index contributed by atoms with van der Waals surface area (Å²) in [5.41, 5.74) is 1.12. The van der Waals surface area contributed by atoms with Crippen LogP contribution in [0, 0.1) is 11.8 Å². The normalized spacial score (nSPS) is 24.7. The lowest BCUT2D eigenvalue weighted by Crippen LogP contribution is -2.20. The van der Waals surface area contributed by atoms with E-state index in [9.17, 15) is 9.59 Å². The number of ketones is 1. The van der Waals surface area contributed by atoms with Gasteiger partial charge >= 0.3 is 5.97 Å². The molecule has 0 saturated carbocycles. The van der Waals surface area contributed by atoms with Crippen molar-refractivity contribution in [1.29, 1.82) is 0 Å². The maximum Gasteiger partial charge on any atom is 0.309 e. The Hall–Kier alpha value is -1.84. The van der Waals surface area contributed by atoms with Gasteiger partial charge in [0.15, 0.2) is 0 Å². The molecule has 0 amide bonds. The van der Waals surface area contributed by atoms with E-state index < -0.39 is 0 Å². The molecular weight excluding hydrogens is 268 g/mol. The van der Waals surface area contributed by atoms with Crippen LogP contribution in [0.2, 0.25) is 0 Å². The maximum atomic E-state index is 11.9. The summed E-state index contributed by atoms with van der Waals surface area (Å²) < 4.78 is 10.6. The minimum Gasteiger partial charge on any atom is -0.497 e. The van der Waals surface area contributed by atoms with E-state index in [4.69, 9.17) is 9.47 Å². The molecule has 114 valence electrons. The Balaban J connectivity index is 1.97. The first-order valence-electron chi connectivity index (χ1n) is 7.34. The summed E-state index contributed by atoms with van der Waals surface area (Å²) in [5.74, 6) is 0.751. The van der Waals surface area contributed by atoms with Crippen LogP contribution < -0.4 is 4.74 Å². The van der Waals surface area contributed by atoms with Crippen molar-refractivity contribution in [1.82, 2.24) is 0 Å². The van der Waals surface area contributed by atoms with Gasteiger partial charge in [0.1, 0.15) is 17.6 Å². The first-order chi connectivity index (χ1) is 10.0. The number of rotatable bonds is 6. The average molecular weight is 290 g/mol. The summed E-state index contributed by atoms with van der Waals surface area (Å²) in [7, 11) is 1.63. The molecule has 1 aliphatic rings. The number of hydrogen-bond acceptors (Lipinski definition) is 4. The van der Waals surface area contributed by atoms with Crippen molar-refractivity contribution in [2.24, 2.45) is 11.8 Å². The van der Waals surface area contributed by atoms with Crippen molar-refractivity contribution >= 4 is 11.8 Å². The van der Waals surface area contributed by atoms with E-state index in [0.717, 1.165) is 11.3 Å². The molecule has 21 heavy (non-hydrogen) atoms. The second-order valence-electron chi connectivity index (χ2n) is 5.73. The first kappa shape index (κ1) is 15.5. The van der Waals surface area contributed by atoms with Gasteiger partial charge in [-0.2, -0.15) is 0 Å². The molecule has 0 spiro atoms. The fraction of sp³-hybridized carbons (Fsp3) is 0.529. The lowest BCUT2D eigenvalue weighted by atomic mass is 9.86. The number of hydrogen-bond donors (Lipinski definition) is 0. The van der Waals surface area contributed by atoms with Crippen molar-refractivity contribution < 1.29 is 19.1 Å². The summed E-state index contributed by atoms with van der Waals surface area (Å²) in [6.07, 6.45) is 1.63. The highest BCUT2D eigenvalue weighted by atomic mass is 16.6. The topological polar surface area (TPSA) is 52.6 Å². The molecule has 4 heteroatoms. The SMILES string of the molecule is COc1ccc(CC2OC(=O)C(CCC(C)=O)C2C)cc1. The summed E-state index contributed by atoms with van der Waals surface area (Å²) in [4.78, 5) is 23.0. The molecule has 3 atom stereocenters. The van der Waals surface area contributed by atoms with E-state index in [2.05, 4.69) is 0 Å². The zero-order valence-electron chi connectivity index (χ0n) is 12.8. The molecule has 1 aromatic carbocycles. The smallest absolute Gasteiger partial charge is 0.309 e. The van der Waals surface area contributed by atoms with Crippen LogP contribution in [0.4, 0.5) is 0 Å². The molecule has 2 rings (SSSR count). The van der Waals surface area contributed by atoms with E-state index >= 15 is 0 Å². The summed E-state index contributed by atoms with van der Waals surface area (Å²) >= 11 is 0. The number of methoxy groups -OCH3 is 1. The largest absolute Gasteiger partial charge is 0.497 e. The van der Waals surface area contributed by atoms with Crippen LogP contribution in [0.1, 0.15) is 32.3 Å². The highest BCUT2D eigenvalue weighted by molar-refractivity contribution is 5.78. The second-order valence-corrected chi connectivity index (χ2v) is 5.73. The maximum absolute atomic E-state index is 11.9. The Morgan fingerprint density at radius 2 is 1.95 bits per heavy atom. The predicted octanol–water partition coefficient (Wildman–Crippen LogP) is 2.78. The standard InChI is InChI=1S/C17H22O4/c1-11(18)4-9-15-12(2)16(21-17(15)19)10-13-5-7-14(20-3)8-6-13/h5-8,12,15-16H,4,9-10H2,1-3H3. The number of esters is 1. The molecular formula is C17H22O4. The highest BCUT2D eigenvalue weighted by Gasteiger charge is 2.41. The van der Waals surface area contributed by atoms with Crippen LogP contribution in [0.25, 0.3) is 0 Å². The van der Waals surface area contributed by atoms with Crippen molar-refractivity contribution in [3.63, 3.8) is 0 Å². The number of carbonyl (C=O) groups is 2. The predicted molar refractivity (Wildman–Crippen MR) is 79.1 cm³/mol. The molecule has 0 N–H and O–H groups in total. The first-order valence-corrected chi connectivity index (χ1v) is 7.34. The minimum absolute atomic E-state index is 0.108. The molecule has 1 heterocycles. The monoisotopic (exact) mass is 290 g/mol. The molecule has 4 nitrogen and oxygen atoms in total. The van der Waals surface area contributed by atoms with Gasteiger partial charge in [-0.15, -0.1) is 0 Å². The highest BCUT2D eigenvalue weighted by Crippen LogP contribution is 2.33. The summed E-state index contributed by atoms with van der Waals surface area (Å²) in [6, 6.07) is 7.79. The van der Waals surface area contributed by atoms with Crippen LogP contribution >= 0.6 is 0 Å². The average Bonchev–Trinajstić information content (AvgIpc) is 2.72. The molecule has 0 aromatic heterocycles. The third-order valence-electron chi connectivity index (χ3n) is 4.19. The van der Waals surface area contributed by atoms with Crippen LogP contribution in [-0.4, -0.2) is 25.0 Å². The molecule has 3 unspecified atom stereocenters. The fourth-order valence-electron chi connectivity index (χ4n) is 2.78. The van der Waals surface area contributed by atoms with Crippen molar-refractivity contribution in [3.8, 4) is 5.75 Å². The number of cyclic esters (lactones) is 1. The quantitative estimate of drug-likeness (QED) is 0.756. The van der Waals surface area contributed by atoms with E-state index in [1.807, 2.05) is 31.2 Å². The molecule has 1 aromatic rings. The third kappa shape index (κ3) is 3.84. The Labute approximate surface area is 125 Å². The molecule has 1 fully saturated rings. The van der Waals surface area contributed by atoms with E-state index in [1.54, 1.807) is 14.0 Å². The molecule has 1 saturated heterocycles. The Kier molecular flexibility index (Phi) is 4.99. The van der Waals surface area contributed by atoms with Crippen LogP contribution in [0.15, 0.2) is 24.3 Å². The van der Waals surface area contributed by atoms with Gasteiger partial charge in [0.25, 0.3) is 0 Å². The summed E-state index contributed by atoms with van der Waals surface area (Å²) in [6.45, 7) is 3.59. The van der Waals surface area contributed by atoms with Gasteiger partial charge in [0.05, 0.1) is 13.0 Å². The number of benzene rings is 1.